The number of benzene rings is 7. The van der Waals surface area contributed by atoms with E-state index in [0.717, 1.165) is 68.2 Å². The molecule has 9 aromatic rings. The molecule has 7 aromatic carbocycles. The quantitative estimate of drug-likeness (QED) is 0.175. The molecule has 0 amide bonds. The Morgan fingerprint density at radius 2 is 0.906 bits per heavy atom. The number of hydrogen-bond acceptors (Lipinski definition) is 4. The number of aromatic nitrogens is 3. The van der Waals surface area contributed by atoms with Gasteiger partial charge in [0.05, 0.1) is 0 Å². The van der Waals surface area contributed by atoms with Crippen LogP contribution in [0.15, 0.2) is 174 Å². The zero-order valence-corrected chi connectivity index (χ0v) is 28.9. The summed E-state index contributed by atoms with van der Waals surface area (Å²) in [5.74, 6) is 1.84. The molecule has 0 N–H and O–H groups in total. The second kappa shape index (κ2) is 13.0. The molecule has 53 heavy (non-hydrogen) atoms. The van der Waals surface area contributed by atoms with Gasteiger partial charge >= 0.3 is 0 Å². The number of nitrogens with zero attached hydrogens (tertiary/aromatic N) is 3. The minimum Gasteiger partial charge on any atom is -0.456 e. The van der Waals surface area contributed by atoms with Gasteiger partial charge in [-0.15, -0.1) is 0 Å². The van der Waals surface area contributed by atoms with Gasteiger partial charge in [0.25, 0.3) is 0 Å². The summed E-state index contributed by atoms with van der Waals surface area (Å²) in [4.78, 5) is 15.3. The Balaban J connectivity index is 1.11. The van der Waals surface area contributed by atoms with E-state index in [4.69, 9.17) is 19.4 Å². The van der Waals surface area contributed by atoms with Crippen molar-refractivity contribution in [3.05, 3.63) is 181 Å². The lowest BCUT2D eigenvalue weighted by atomic mass is 9.92. The molecule has 1 aliphatic carbocycles. The van der Waals surface area contributed by atoms with Crippen LogP contribution in [0, 0.1) is 0 Å². The van der Waals surface area contributed by atoms with Gasteiger partial charge in [0.2, 0.25) is 0 Å². The van der Waals surface area contributed by atoms with E-state index in [1.165, 1.54) is 27.8 Å². The maximum Gasteiger partial charge on any atom is 0.164 e. The van der Waals surface area contributed by atoms with Crippen molar-refractivity contribution in [2.75, 3.05) is 0 Å². The van der Waals surface area contributed by atoms with E-state index in [1.54, 1.807) is 0 Å². The Bertz CT molecular complexity index is 2800. The van der Waals surface area contributed by atoms with Crippen molar-refractivity contribution in [2.24, 2.45) is 0 Å². The van der Waals surface area contributed by atoms with Crippen LogP contribution in [0.25, 0.3) is 95.6 Å². The molecule has 2 aromatic heterocycles. The molecule has 0 atom stereocenters. The Labute approximate surface area is 307 Å². The standard InChI is InChI=1S/C49H33N3O/c1-3-11-32(12-4-1)34-23-28-38(29-24-34)48-50-47(37-14-5-2-6-15-37)51-49(52-48)42-18-10-20-44-46(42)45-41(17-9-19-43(45)53-44)36-26-21-35(22-27-36)40-30-25-33-13-7-8-16-39(33)31-40/h1-6,8-12,14-31H,7,13H2. The second-order valence-corrected chi connectivity index (χ2v) is 13.5. The summed E-state index contributed by atoms with van der Waals surface area (Å²) in [5, 5.41) is 2.03. The summed E-state index contributed by atoms with van der Waals surface area (Å²) in [5.41, 5.74) is 14.1. The van der Waals surface area contributed by atoms with Crippen LogP contribution in [0.1, 0.15) is 17.5 Å². The van der Waals surface area contributed by atoms with Gasteiger partial charge in [-0.05, 0) is 75.5 Å². The van der Waals surface area contributed by atoms with Crippen molar-refractivity contribution in [1.82, 2.24) is 15.0 Å². The molecule has 0 radical (unpaired) electrons. The van der Waals surface area contributed by atoms with Crippen molar-refractivity contribution in [2.45, 2.75) is 12.8 Å². The molecule has 0 fully saturated rings. The zero-order chi connectivity index (χ0) is 35.1. The first-order valence-corrected chi connectivity index (χ1v) is 18.1. The maximum atomic E-state index is 6.53. The highest BCUT2D eigenvalue weighted by molar-refractivity contribution is 6.17. The smallest absolute Gasteiger partial charge is 0.164 e. The Kier molecular flexibility index (Phi) is 7.58. The van der Waals surface area contributed by atoms with Crippen LogP contribution in [0.5, 0.6) is 0 Å². The normalized spacial score (nSPS) is 12.3. The third kappa shape index (κ3) is 5.71. The molecule has 0 saturated carbocycles. The molecule has 2 heterocycles. The second-order valence-electron chi connectivity index (χ2n) is 13.5. The summed E-state index contributed by atoms with van der Waals surface area (Å²) in [6, 6.07) is 57.0. The van der Waals surface area contributed by atoms with Gasteiger partial charge in [-0.25, -0.2) is 15.0 Å². The first kappa shape index (κ1) is 30.9. The molecule has 1 aliphatic rings. The molecule has 0 spiro atoms. The van der Waals surface area contributed by atoms with Gasteiger partial charge in [0, 0.05) is 27.5 Å². The summed E-state index contributed by atoms with van der Waals surface area (Å²) in [6.07, 6.45) is 6.74. The molecular formula is C49H33N3O. The first-order chi connectivity index (χ1) is 26.2. The molecule has 10 rings (SSSR count). The van der Waals surface area contributed by atoms with E-state index in [0.29, 0.717) is 17.5 Å². The third-order valence-electron chi connectivity index (χ3n) is 10.2. The largest absolute Gasteiger partial charge is 0.456 e. The van der Waals surface area contributed by atoms with Crippen LogP contribution < -0.4 is 0 Å². The van der Waals surface area contributed by atoms with Gasteiger partial charge in [-0.2, -0.15) is 0 Å². The maximum absolute atomic E-state index is 6.53. The van der Waals surface area contributed by atoms with Crippen LogP contribution in [0.3, 0.4) is 0 Å². The fraction of sp³-hybridized carbons (Fsp3) is 0.0408. The Hall–Kier alpha value is -6.91. The van der Waals surface area contributed by atoms with Gasteiger partial charge < -0.3 is 4.42 Å². The topological polar surface area (TPSA) is 51.8 Å². The lowest BCUT2D eigenvalue weighted by Gasteiger charge is -2.13. The highest BCUT2D eigenvalue weighted by atomic mass is 16.3. The monoisotopic (exact) mass is 679 g/mol. The van der Waals surface area contributed by atoms with Crippen LogP contribution in [0.4, 0.5) is 0 Å². The zero-order valence-electron chi connectivity index (χ0n) is 28.9. The van der Waals surface area contributed by atoms with E-state index >= 15 is 0 Å². The molecule has 0 unspecified atom stereocenters. The van der Waals surface area contributed by atoms with Crippen molar-refractivity contribution in [1.29, 1.82) is 0 Å². The van der Waals surface area contributed by atoms with E-state index < -0.39 is 0 Å². The minimum absolute atomic E-state index is 0.598. The van der Waals surface area contributed by atoms with Crippen molar-refractivity contribution < 1.29 is 4.42 Å². The van der Waals surface area contributed by atoms with Crippen LogP contribution in [-0.2, 0) is 6.42 Å². The van der Waals surface area contributed by atoms with Gasteiger partial charge in [0.1, 0.15) is 11.2 Å². The summed E-state index contributed by atoms with van der Waals surface area (Å²) < 4.78 is 6.53. The molecule has 4 nitrogen and oxygen atoms in total. The van der Waals surface area contributed by atoms with Gasteiger partial charge in [-0.3, -0.25) is 0 Å². The third-order valence-corrected chi connectivity index (χ3v) is 10.2. The molecule has 4 heteroatoms. The highest BCUT2D eigenvalue weighted by Gasteiger charge is 2.20. The first-order valence-electron chi connectivity index (χ1n) is 18.1. The predicted molar refractivity (Wildman–Crippen MR) is 217 cm³/mol. The lowest BCUT2D eigenvalue weighted by Crippen LogP contribution is -2.00. The molecule has 250 valence electrons. The fourth-order valence-electron chi connectivity index (χ4n) is 7.53. The van der Waals surface area contributed by atoms with E-state index in [9.17, 15) is 0 Å². The summed E-state index contributed by atoms with van der Waals surface area (Å²) in [6.45, 7) is 0. The van der Waals surface area contributed by atoms with Crippen molar-refractivity contribution in [3.8, 4) is 67.5 Å². The number of aryl methyl sites for hydroxylation is 1. The highest BCUT2D eigenvalue weighted by Crippen LogP contribution is 2.42. The number of hydrogen-bond donors (Lipinski definition) is 0. The van der Waals surface area contributed by atoms with Crippen molar-refractivity contribution >= 4 is 28.0 Å². The SMILES string of the molecule is C1=Cc2cc(-c3ccc(-c4cccc5oc6cccc(-c7nc(-c8ccccc8)nc(-c8ccc(-c9ccccc9)cc8)n7)c6c45)cc3)ccc2CC1. The average Bonchev–Trinajstić information content (AvgIpc) is 3.63. The fourth-order valence-corrected chi connectivity index (χ4v) is 7.53. The van der Waals surface area contributed by atoms with E-state index in [1.807, 2.05) is 54.6 Å². The van der Waals surface area contributed by atoms with Crippen LogP contribution in [0.2, 0.25) is 0 Å². The summed E-state index contributed by atoms with van der Waals surface area (Å²) >= 11 is 0. The van der Waals surface area contributed by atoms with E-state index in [2.05, 4.69) is 121 Å². The van der Waals surface area contributed by atoms with E-state index in [-0.39, 0.29) is 0 Å². The van der Waals surface area contributed by atoms with Gasteiger partial charge in [-0.1, -0.05) is 158 Å². The van der Waals surface area contributed by atoms with Crippen LogP contribution >= 0.6 is 0 Å². The Morgan fingerprint density at radius 3 is 1.60 bits per heavy atom. The average molecular weight is 680 g/mol. The lowest BCUT2D eigenvalue weighted by molar-refractivity contribution is 0.669. The van der Waals surface area contributed by atoms with Crippen LogP contribution in [-0.4, -0.2) is 15.0 Å². The Morgan fingerprint density at radius 1 is 0.396 bits per heavy atom. The number of fused-ring (bicyclic) bond motifs is 4. The molecular weight excluding hydrogens is 647 g/mol. The number of allylic oxidation sites excluding steroid dienone is 1. The minimum atomic E-state index is 0.598. The molecule has 0 aliphatic heterocycles. The number of furan rings is 1. The number of rotatable bonds is 6. The molecule has 0 bridgehead atoms. The molecule has 0 saturated heterocycles. The van der Waals surface area contributed by atoms with Crippen molar-refractivity contribution in [3.63, 3.8) is 0 Å². The predicted octanol–water partition coefficient (Wildman–Crippen LogP) is 12.7. The van der Waals surface area contributed by atoms with Gasteiger partial charge in [0.15, 0.2) is 17.5 Å². The summed E-state index contributed by atoms with van der Waals surface area (Å²) in [7, 11) is 0.